The van der Waals surface area contributed by atoms with Gasteiger partial charge in [-0.3, -0.25) is 9.35 Å². The van der Waals surface area contributed by atoms with Gasteiger partial charge in [0.1, 0.15) is 0 Å². The largest absolute Gasteiger partial charge is 0.387 e. The molecule has 6 nitrogen and oxygen atoms in total. The third-order valence-corrected chi connectivity index (χ3v) is 6.29. The molecule has 35 heavy (non-hydrogen) atoms. The van der Waals surface area contributed by atoms with Crippen molar-refractivity contribution in [1.82, 2.24) is 5.32 Å². The first-order valence-corrected chi connectivity index (χ1v) is 14.9. The molecule has 0 aliphatic rings. The normalized spacial score (nSPS) is 14.5. The Balaban J connectivity index is 4.07. The molecule has 0 saturated heterocycles. The molecule has 2 unspecified atom stereocenters. The Morgan fingerprint density at radius 2 is 1.37 bits per heavy atom. The summed E-state index contributed by atoms with van der Waals surface area (Å²) in [5.74, 6) is -1.02. The molecular formula is C28H49NO5S. The fourth-order valence-electron chi connectivity index (χ4n) is 3.52. The lowest BCUT2D eigenvalue weighted by molar-refractivity contribution is -0.122. The summed E-state index contributed by atoms with van der Waals surface area (Å²) in [6.45, 7) is 4.23. The Hall–Kier alpha value is -1.70. The molecule has 202 valence electrons. The van der Waals surface area contributed by atoms with Crippen LogP contribution in [0.15, 0.2) is 48.6 Å². The van der Waals surface area contributed by atoms with Crippen LogP contribution in [-0.4, -0.2) is 41.9 Å². The first-order valence-electron chi connectivity index (χ1n) is 13.3. The van der Waals surface area contributed by atoms with Crippen LogP contribution < -0.4 is 5.32 Å². The number of amides is 1. The summed E-state index contributed by atoms with van der Waals surface area (Å²) in [7, 11) is -4.32. The van der Waals surface area contributed by atoms with Crippen molar-refractivity contribution in [2.75, 3.05) is 5.75 Å². The number of hydrogen-bond acceptors (Lipinski definition) is 4. The molecule has 0 aromatic rings. The maximum Gasteiger partial charge on any atom is 0.267 e. The highest BCUT2D eigenvalue weighted by atomic mass is 32.2. The Morgan fingerprint density at radius 1 is 0.800 bits per heavy atom. The molecular weight excluding hydrogens is 462 g/mol. The van der Waals surface area contributed by atoms with Gasteiger partial charge in [0.25, 0.3) is 10.1 Å². The zero-order valence-electron chi connectivity index (χ0n) is 21.9. The number of carbonyl (C=O) groups is 1. The van der Waals surface area contributed by atoms with Gasteiger partial charge in [0.15, 0.2) is 0 Å². The first kappa shape index (κ1) is 33.3. The van der Waals surface area contributed by atoms with Crippen LogP contribution in [0.2, 0.25) is 0 Å². The van der Waals surface area contributed by atoms with Crippen molar-refractivity contribution in [3.63, 3.8) is 0 Å². The zero-order valence-corrected chi connectivity index (χ0v) is 22.7. The van der Waals surface area contributed by atoms with Gasteiger partial charge in [-0.15, -0.1) is 0 Å². The van der Waals surface area contributed by atoms with Crippen LogP contribution in [0.5, 0.6) is 0 Å². The second-order valence-corrected chi connectivity index (χ2v) is 10.4. The molecule has 0 bridgehead atoms. The highest BCUT2D eigenvalue weighted by Crippen LogP contribution is 2.09. The van der Waals surface area contributed by atoms with Gasteiger partial charge in [-0.25, -0.2) is 0 Å². The van der Waals surface area contributed by atoms with Crippen molar-refractivity contribution in [3.8, 4) is 0 Å². The van der Waals surface area contributed by atoms with E-state index in [1.807, 2.05) is 0 Å². The third-order valence-electron chi connectivity index (χ3n) is 5.51. The molecule has 7 heteroatoms. The van der Waals surface area contributed by atoms with Crippen LogP contribution in [-0.2, 0) is 14.9 Å². The SMILES string of the molecule is CC/C=C\C/C=C\C/C=C\CCCCCCCC(=O)NC(CS(=O)(=O)O)C(O)/C=C/CCCCC. The summed E-state index contributed by atoms with van der Waals surface area (Å²) >= 11 is 0. The Kier molecular flexibility index (Phi) is 21.6. The number of hydrogen-bond donors (Lipinski definition) is 3. The number of rotatable bonds is 22. The molecule has 0 fully saturated rings. The van der Waals surface area contributed by atoms with E-state index < -0.39 is 28.0 Å². The molecule has 2 atom stereocenters. The van der Waals surface area contributed by atoms with E-state index in [2.05, 4.69) is 55.6 Å². The topological polar surface area (TPSA) is 104 Å². The lowest BCUT2D eigenvalue weighted by Crippen LogP contribution is -2.46. The van der Waals surface area contributed by atoms with E-state index >= 15 is 0 Å². The molecule has 0 rings (SSSR count). The minimum atomic E-state index is -4.32. The van der Waals surface area contributed by atoms with Crippen LogP contribution in [0.25, 0.3) is 0 Å². The molecule has 0 spiro atoms. The fourth-order valence-corrected chi connectivity index (χ4v) is 4.25. The van der Waals surface area contributed by atoms with Crippen LogP contribution >= 0.6 is 0 Å². The smallest absolute Gasteiger partial charge is 0.267 e. The van der Waals surface area contributed by atoms with E-state index in [0.717, 1.165) is 77.0 Å². The average Bonchev–Trinajstić information content (AvgIpc) is 2.80. The van der Waals surface area contributed by atoms with E-state index in [1.165, 1.54) is 6.08 Å². The van der Waals surface area contributed by atoms with Gasteiger partial charge in [-0.05, 0) is 51.4 Å². The fraction of sp³-hybridized carbons (Fsp3) is 0.679. The molecule has 0 aromatic carbocycles. The quantitative estimate of drug-likeness (QED) is 0.0881. The Bertz CT molecular complexity index is 740. The molecule has 3 N–H and O–H groups in total. The van der Waals surface area contributed by atoms with Crippen molar-refractivity contribution < 1.29 is 22.9 Å². The maximum absolute atomic E-state index is 12.3. The molecule has 0 radical (unpaired) electrons. The zero-order chi connectivity index (χ0) is 26.2. The minimum absolute atomic E-state index is 0.272. The summed E-state index contributed by atoms with van der Waals surface area (Å²) in [5.41, 5.74) is 0. The predicted molar refractivity (Wildman–Crippen MR) is 147 cm³/mol. The molecule has 0 aromatic heterocycles. The summed E-state index contributed by atoms with van der Waals surface area (Å²) in [6.07, 6.45) is 28.5. The van der Waals surface area contributed by atoms with Crippen LogP contribution in [0, 0.1) is 0 Å². The predicted octanol–water partition coefficient (Wildman–Crippen LogP) is 6.45. The first-order chi connectivity index (χ1) is 16.8. The van der Waals surface area contributed by atoms with Gasteiger partial charge in [-0.1, -0.05) is 94.6 Å². The van der Waals surface area contributed by atoms with E-state index in [9.17, 15) is 22.9 Å². The second-order valence-electron chi connectivity index (χ2n) is 8.94. The number of unbranched alkanes of at least 4 members (excludes halogenated alkanes) is 8. The highest BCUT2D eigenvalue weighted by molar-refractivity contribution is 7.85. The Morgan fingerprint density at radius 3 is 2.03 bits per heavy atom. The summed E-state index contributed by atoms with van der Waals surface area (Å²) in [5, 5.41) is 12.9. The monoisotopic (exact) mass is 511 g/mol. The van der Waals surface area contributed by atoms with Gasteiger partial charge in [0.05, 0.1) is 17.9 Å². The van der Waals surface area contributed by atoms with E-state index in [1.54, 1.807) is 6.08 Å². The lowest BCUT2D eigenvalue weighted by atomic mass is 10.1. The van der Waals surface area contributed by atoms with Gasteiger partial charge < -0.3 is 10.4 Å². The average molecular weight is 512 g/mol. The Labute approximate surface area is 214 Å². The maximum atomic E-state index is 12.3. The van der Waals surface area contributed by atoms with Gasteiger partial charge >= 0.3 is 0 Å². The summed E-state index contributed by atoms with van der Waals surface area (Å²) in [6, 6.07) is -1.06. The highest BCUT2D eigenvalue weighted by Gasteiger charge is 2.24. The summed E-state index contributed by atoms with van der Waals surface area (Å²) in [4.78, 5) is 12.3. The number of aliphatic hydroxyl groups is 1. The number of aliphatic hydroxyl groups excluding tert-OH is 1. The number of carbonyl (C=O) groups excluding carboxylic acids is 1. The van der Waals surface area contributed by atoms with Crippen molar-refractivity contribution in [1.29, 1.82) is 0 Å². The number of allylic oxidation sites excluding steroid dienone is 7. The van der Waals surface area contributed by atoms with Gasteiger partial charge in [-0.2, -0.15) is 8.42 Å². The summed E-state index contributed by atoms with van der Waals surface area (Å²) < 4.78 is 31.8. The standard InChI is InChI=1S/C28H49NO5S/c1-3-5-7-9-10-11-12-13-14-15-16-17-18-20-22-24-28(31)29-26(25-35(32,33)34)27(30)23-21-19-8-6-4-2/h5,7,10-11,13-14,21,23,26-27,30H,3-4,6,8-9,12,15-20,22,24-25H2,1-2H3,(H,29,31)(H,32,33,34)/b7-5-,11-10-,14-13-,23-21+. The van der Waals surface area contributed by atoms with Crippen LogP contribution in [0.3, 0.4) is 0 Å². The molecule has 0 heterocycles. The van der Waals surface area contributed by atoms with Crippen molar-refractivity contribution in [3.05, 3.63) is 48.6 Å². The lowest BCUT2D eigenvalue weighted by Gasteiger charge is -2.21. The third kappa shape index (κ3) is 23.8. The molecule has 1 amide bonds. The minimum Gasteiger partial charge on any atom is -0.387 e. The van der Waals surface area contributed by atoms with E-state index in [4.69, 9.17) is 0 Å². The van der Waals surface area contributed by atoms with Gasteiger partial charge in [0, 0.05) is 6.42 Å². The van der Waals surface area contributed by atoms with E-state index in [0.29, 0.717) is 6.42 Å². The second kappa shape index (κ2) is 22.7. The molecule has 0 saturated carbocycles. The van der Waals surface area contributed by atoms with Gasteiger partial charge in [0.2, 0.25) is 5.91 Å². The molecule has 0 aliphatic heterocycles. The van der Waals surface area contributed by atoms with Crippen molar-refractivity contribution >= 4 is 16.0 Å². The van der Waals surface area contributed by atoms with Crippen LogP contribution in [0.1, 0.15) is 104 Å². The van der Waals surface area contributed by atoms with Crippen LogP contribution in [0.4, 0.5) is 0 Å². The van der Waals surface area contributed by atoms with Crippen molar-refractivity contribution in [2.45, 2.75) is 116 Å². The van der Waals surface area contributed by atoms with E-state index in [-0.39, 0.29) is 12.3 Å². The molecule has 0 aliphatic carbocycles. The number of nitrogens with one attached hydrogen (secondary N) is 1. The van der Waals surface area contributed by atoms with Crippen molar-refractivity contribution in [2.24, 2.45) is 0 Å².